The predicted octanol–water partition coefficient (Wildman–Crippen LogP) is 4.33. The maximum atomic E-state index is 13.3. The number of likely N-dealkylation sites (tertiary alicyclic amines) is 1. The number of esters is 1. The molecule has 3 aliphatic carbocycles. The van der Waals surface area contributed by atoms with Crippen molar-refractivity contribution in [3.63, 3.8) is 0 Å². The van der Waals surface area contributed by atoms with Crippen LogP contribution >= 0.6 is 0 Å². The quantitative estimate of drug-likeness (QED) is 0.488. The summed E-state index contributed by atoms with van der Waals surface area (Å²) in [7, 11) is 1.88. The lowest BCUT2D eigenvalue weighted by molar-refractivity contribution is -0.208. The zero-order valence-electron chi connectivity index (χ0n) is 24.0. The molecule has 2 N–H and O–H groups in total. The van der Waals surface area contributed by atoms with E-state index in [9.17, 15) is 9.90 Å². The fraction of sp³-hybridized carbons (Fsp3) is 0.774. The van der Waals surface area contributed by atoms with Gasteiger partial charge in [0.25, 0.3) is 0 Å². The van der Waals surface area contributed by atoms with Crippen molar-refractivity contribution in [2.24, 2.45) is 11.8 Å². The van der Waals surface area contributed by atoms with Gasteiger partial charge in [-0.1, -0.05) is 19.9 Å². The maximum Gasteiger partial charge on any atom is 0.323 e. The second-order valence-corrected chi connectivity index (χ2v) is 14.0. The van der Waals surface area contributed by atoms with Gasteiger partial charge in [0, 0.05) is 31.3 Å². The van der Waals surface area contributed by atoms with Gasteiger partial charge in [0.2, 0.25) is 0 Å². The number of phenolic OH excluding ortho intramolecular Hbond substituents is 1. The number of nitrogens with zero attached hydrogens (tertiary/aromatic N) is 1. The van der Waals surface area contributed by atoms with Crippen molar-refractivity contribution in [2.75, 3.05) is 20.2 Å². The van der Waals surface area contributed by atoms with E-state index in [0.717, 1.165) is 50.3 Å². The number of phenols is 1. The molecule has 2 aliphatic heterocycles. The molecule has 2 bridgehead atoms. The highest BCUT2D eigenvalue weighted by Crippen LogP contribution is 2.66. The van der Waals surface area contributed by atoms with Crippen molar-refractivity contribution < 1.29 is 24.1 Å². The standard InChI is InChI=1S/C31H46N2O5/c1-18(2)15-22(28(35)38-29(3,4)5)32-21-11-12-31(36-6)24-16-20-9-10-23(34)26-25(20)30(31,27(21)37-26)13-14-33(24)17-19-7-8-19/h9-10,18-19,21-22,24,27,32,34H,7-8,11-17H2,1-6H3/t21?,22-,24+,27?,30-,31+/m0/s1. The van der Waals surface area contributed by atoms with E-state index in [0.29, 0.717) is 18.1 Å². The Morgan fingerprint density at radius 3 is 2.66 bits per heavy atom. The number of piperidine rings is 1. The van der Waals surface area contributed by atoms with Crippen LogP contribution in [-0.2, 0) is 26.1 Å². The molecular weight excluding hydrogens is 480 g/mol. The average Bonchev–Trinajstić information content (AvgIpc) is 3.58. The van der Waals surface area contributed by atoms with Gasteiger partial charge in [-0.2, -0.15) is 0 Å². The number of carbonyl (C=O) groups excluding carboxylic acids is 1. The first kappa shape index (κ1) is 26.4. The van der Waals surface area contributed by atoms with Gasteiger partial charge in [0.15, 0.2) is 11.5 Å². The molecule has 5 aliphatic rings. The zero-order chi connectivity index (χ0) is 27.0. The first-order chi connectivity index (χ1) is 18.0. The summed E-state index contributed by atoms with van der Waals surface area (Å²) >= 11 is 0. The Bertz CT molecular complexity index is 1090. The number of hydrogen-bond donors (Lipinski definition) is 2. The predicted molar refractivity (Wildman–Crippen MR) is 146 cm³/mol. The van der Waals surface area contributed by atoms with Crippen LogP contribution in [0.15, 0.2) is 12.1 Å². The SMILES string of the molecule is CO[C@@]12CCC(N[C@@H](CC(C)C)C(=O)OC(C)(C)C)C3Oc4c(O)ccc5c4[C@@]31CCN(CC1CC1)[C@@H]2C5. The Morgan fingerprint density at radius 2 is 2.00 bits per heavy atom. The van der Waals surface area contributed by atoms with Gasteiger partial charge in [-0.15, -0.1) is 0 Å². The van der Waals surface area contributed by atoms with E-state index in [1.54, 1.807) is 6.07 Å². The minimum absolute atomic E-state index is 0.0528. The van der Waals surface area contributed by atoms with E-state index in [2.05, 4.69) is 30.1 Å². The van der Waals surface area contributed by atoms with Crippen LogP contribution < -0.4 is 10.1 Å². The van der Waals surface area contributed by atoms with Gasteiger partial charge >= 0.3 is 5.97 Å². The van der Waals surface area contributed by atoms with Crippen LogP contribution in [0.4, 0.5) is 0 Å². The number of ether oxygens (including phenoxy) is 3. The summed E-state index contributed by atoms with van der Waals surface area (Å²) in [4.78, 5) is 16.1. The van der Waals surface area contributed by atoms with Crippen molar-refractivity contribution >= 4 is 5.97 Å². The summed E-state index contributed by atoms with van der Waals surface area (Å²) in [5.41, 5.74) is 1.16. The molecule has 6 atom stereocenters. The van der Waals surface area contributed by atoms with Crippen molar-refractivity contribution in [1.82, 2.24) is 10.2 Å². The number of aromatic hydroxyl groups is 1. The topological polar surface area (TPSA) is 80.3 Å². The van der Waals surface area contributed by atoms with Crippen molar-refractivity contribution in [3.05, 3.63) is 23.3 Å². The van der Waals surface area contributed by atoms with Crippen LogP contribution in [0.2, 0.25) is 0 Å². The van der Waals surface area contributed by atoms with Gasteiger partial charge in [-0.05, 0) is 95.7 Å². The third-order valence-electron chi connectivity index (χ3n) is 9.90. The highest BCUT2D eigenvalue weighted by molar-refractivity contribution is 5.76. The Morgan fingerprint density at radius 1 is 1.24 bits per heavy atom. The van der Waals surface area contributed by atoms with E-state index >= 15 is 0 Å². The molecule has 1 aromatic rings. The van der Waals surface area contributed by atoms with Gasteiger partial charge in [0.1, 0.15) is 17.7 Å². The van der Waals surface area contributed by atoms with Crippen LogP contribution in [-0.4, -0.2) is 71.6 Å². The third-order valence-corrected chi connectivity index (χ3v) is 9.90. The lowest BCUT2D eigenvalue weighted by atomic mass is 9.48. The second kappa shape index (κ2) is 9.10. The van der Waals surface area contributed by atoms with Crippen LogP contribution in [0, 0.1) is 11.8 Å². The second-order valence-electron chi connectivity index (χ2n) is 14.0. The Labute approximate surface area is 227 Å². The lowest BCUT2D eigenvalue weighted by Crippen LogP contribution is -2.79. The summed E-state index contributed by atoms with van der Waals surface area (Å²) in [6, 6.07) is 3.72. The molecule has 1 saturated heterocycles. The third kappa shape index (κ3) is 3.98. The van der Waals surface area contributed by atoms with Crippen LogP contribution in [0.25, 0.3) is 0 Å². The summed E-state index contributed by atoms with van der Waals surface area (Å²) in [6.07, 6.45) is 6.73. The molecule has 0 aromatic heterocycles. The van der Waals surface area contributed by atoms with Crippen molar-refractivity contribution in [3.8, 4) is 11.5 Å². The number of methoxy groups -OCH3 is 1. The molecule has 0 radical (unpaired) electrons. The first-order valence-electron chi connectivity index (χ1n) is 14.8. The highest BCUT2D eigenvalue weighted by atomic mass is 16.6. The molecule has 2 saturated carbocycles. The Hall–Kier alpha value is -1.83. The Kier molecular flexibility index (Phi) is 6.32. The number of nitrogens with one attached hydrogen (secondary N) is 1. The van der Waals surface area contributed by atoms with E-state index in [1.807, 2.05) is 27.9 Å². The summed E-state index contributed by atoms with van der Waals surface area (Å²) in [5, 5.41) is 14.7. The monoisotopic (exact) mass is 526 g/mol. The Balaban J connectivity index is 1.39. The van der Waals surface area contributed by atoms with Gasteiger partial charge in [-0.3, -0.25) is 15.0 Å². The van der Waals surface area contributed by atoms with Crippen LogP contribution in [0.3, 0.4) is 0 Å². The molecule has 3 fully saturated rings. The average molecular weight is 527 g/mol. The lowest BCUT2D eigenvalue weighted by Gasteiger charge is -2.66. The fourth-order valence-corrected chi connectivity index (χ4v) is 8.38. The fourth-order valence-electron chi connectivity index (χ4n) is 8.38. The normalized spacial score (nSPS) is 34.6. The first-order valence-corrected chi connectivity index (χ1v) is 14.8. The molecule has 0 amide bonds. The summed E-state index contributed by atoms with van der Waals surface area (Å²) < 4.78 is 19.3. The highest BCUT2D eigenvalue weighted by Gasteiger charge is 2.74. The molecule has 6 rings (SSSR count). The minimum Gasteiger partial charge on any atom is -0.504 e. The number of hydrogen-bond acceptors (Lipinski definition) is 7. The van der Waals surface area contributed by atoms with E-state index in [4.69, 9.17) is 14.2 Å². The van der Waals surface area contributed by atoms with E-state index < -0.39 is 11.6 Å². The largest absolute Gasteiger partial charge is 0.504 e. The molecule has 7 nitrogen and oxygen atoms in total. The molecular formula is C31H46N2O5. The molecule has 210 valence electrons. The van der Waals surface area contributed by atoms with Crippen molar-refractivity contribution in [2.45, 2.75) is 120 Å². The van der Waals surface area contributed by atoms with Crippen molar-refractivity contribution in [1.29, 1.82) is 0 Å². The molecule has 1 spiro atoms. The van der Waals surface area contributed by atoms with E-state index in [-0.39, 0.29) is 40.9 Å². The van der Waals surface area contributed by atoms with Gasteiger partial charge < -0.3 is 19.3 Å². The zero-order valence-corrected chi connectivity index (χ0v) is 24.0. The summed E-state index contributed by atoms with van der Waals surface area (Å²) in [5.74, 6) is 1.79. The minimum atomic E-state index is -0.545. The number of benzene rings is 1. The molecule has 2 heterocycles. The number of rotatable bonds is 8. The van der Waals surface area contributed by atoms with Crippen LogP contribution in [0.1, 0.15) is 84.3 Å². The maximum absolute atomic E-state index is 13.3. The van der Waals surface area contributed by atoms with Gasteiger partial charge in [-0.25, -0.2) is 0 Å². The molecule has 1 aromatic carbocycles. The summed E-state index contributed by atoms with van der Waals surface area (Å²) in [6.45, 7) is 12.2. The molecule has 38 heavy (non-hydrogen) atoms. The molecule has 7 heteroatoms. The smallest absolute Gasteiger partial charge is 0.323 e. The van der Waals surface area contributed by atoms with Crippen LogP contribution in [0.5, 0.6) is 11.5 Å². The number of carbonyl (C=O) groups is 1. The van der Waals surface area contributed by atoms with Gasteiger partial charge in [0.05, 0.1) is 11.0 Å². The van der Waals surface area contributed by atoms with E-state index in [1.165, 1.54) is 18.4 Å². The molecule has 2 unspecified atom stereocenters.